The van der Waals surface area contributed by atoms with Crippen LogP contribution in [0, 0.1) is 0 Å². The number of alkyl halides is 3. The molecule has 2 amide bonds. The minimum Gasteiger partial charge on any atom is -0.365 e. The van der Waals surface area contributed by atoms with E-state index in [4.69, 9.17) is 5.73 Å². The Bertz CT molecular complexity index is 1010. The Morgan fingerprint density at radius 3 is 2.39 bits per heavy atom. The normalized spacial score (nSPS) is 14.1. The van der Waals surface area contributed by atoms with E-state index in [9.17, 15) is 27.6 Å². The first kappa shape index (κ1) is 19.3. The van der Waals surface area contributed by atoms with Crippen LogP contribution in [-0.4, -0.2) is 33.6 Å². The number of amides is 2. The standard InChI is InChI=1S/C18H15F3N4O3/c19-18(20,21)14-7-6-12(16(22)27)17(28)24(14)10-15(26)25-9-8-13(23-25)11-4-2-1-3-5-11/h1-7H,8-10H2,(H2,22,27). The van der Waals surface area contributed by atoms with Crippen molar-refractivity contribution in [3.63, 3.8) is 0 Å². The largest absolute Gasteiger partial charge is 0.431 e. The Balaban J connectivity index is 1.92. The van der Waals surface area contributed by atoms with Gasteiger partial charge >= 0.3 is 6.18 Å². The molecule has 0 atom stereocenters. The summed E-state index contributed by atoms with van der Waals surface area (Å²) in [5.41, 5.74) is 3.18. The number of hydrogen-bond donors (Lipinski definition) is 1. The number of nitrogens with zero attached hydrogens (tertiary/aromatic N) is 3. The van der Waals surface area contributed by atoms with Crippen molar-refractivity contribution in [1.29, 1.82) is 0 Å². The zero-order chi connectivity index (χ0) is 20.5. The second-order valence-electron chi connectivity index (χ2n) is 6.07. The molecule has 28 heavy (non-hydrogen) atoms. The number of halogens is 3. The third-order valence-electron chi connectivity index (χ3n) is 4.22. The average Bonchev–Trinajstić information content (AvgIpc) is 3.13. The summed E-state index contributed by atoms with van der Waals surface area (Å²) >= 11 is 0. The van der Waals surface area contributed by atoms with E-state index in [1.54, 1.807) is 24.3 Å². The highest BCUT2D eigenvalue weighted by Gasteiger charge is 2.36. The highest BCUT2D eigenvalue weighted by Crippen LogP contribution is 2.28. The number of aromatic nitrogens is 1. The van der Waals surface area contributed by atoms with Gasteiger partial charge < -0.3 is 5.73 Å². The summed E-state index contributed by atoms with van der Waals surface area (Å²) in [5, 5.41) is 5.17. The summed E-state index contributed by atoms with van der Waals surface area (Å²) < 4.78 is 39.9. The summed E-state index contributed by atoms with van der Waals surface area (Å²) in [5.74, 6) is -1.98. The summed E-state index contributed by atoms with van der Waals surface area (Å²) in [6, 6.07) is 10.3. The Hall–Kier alpha value is -3.43. The van der Waals surface area contributed by atoms with E-state index in [0.29, 0.717) is 24.3 Å². The van der Waals surface area contributed by atoms with Crippen LogP contribution < -0.4 is 11.3 Å². The maximum Gasteiger partial charge on any atom is 0.431 e. The van der Waals surface area contributed by atoms with Gasteiger partial charge in [0.25, 0.3) is 17.4 Å². The molecule has 10 heteroatoms. The number of carbonyl (C=O) groups is 2. The van der Waals surface area contributed by atoms with Crippen LogP contribution in [0.25, 0.3) is 0 Å². The SMILES string of the molecule is NC(=O)c1ccc(C(F)(F)F)n(CC(=O)N2CCC(c3ccccc3)=N2)c1=O. The molecular weight excluding hydrogens is 377 g/mol. The lowest BCUT2D eigenvalue weighted by Gasteiger charge is -2.18. The summed E-state index contributed by atoms with van der Waals surface area (Å²) in [6.07, 6.45) is -4.46. The van der Waals surface area contributed by atoms with Crippen LogP contribution in [0.4, 0.5) is 13.2 Å². The second-order valence-corrected chi connectivity index (χ2v) is 6.07. The molecule has 1 aliphatic rings. The number of rotatable bonds is 4. The molecule has 0 saturated heterocycles. The quantitative estimate of drug-likeness (QED) is 0.856. The van der Waals surface area contributed by atoms with Crippen LogP contribution >= 0.6 is 0 Å². The lowest BCUT2D eigenvalue weighted by Crippen LogP contribution is -2.38. The molecule has 0 aliphatic carbocycles. The van der Waals surface area contributed by atoms with Gasteiger partial charge in [0.05, 0.1) is 12.3 Å². The van der Waals surface area contributed by atoms with Crippen LogP contribution in [0.2, 0.25) is 0 Å². The Labute approximate surface area is 156 Å². The average molecular weight is 392 g/mol. The van der Waals surface area contributed by atoms with E-state index in [0.717, 1.165) is 10.6 Å². The van der Waals surface area contributed by atoms with Crippen molar-refractivity contribution >= 4 is 17.5 Å². The number of carbonyl (C=O) groups excluding carboxylic acids is 2. The molecule has 0 fully saturated rings. The maximum absolute atomic E-state index is 13.2. The monoisotopic (exact) mass is 392 g/mol. The molecule has 1 aromatic carbocycles. The van der Waals surface area contributed by atoms with E-state index in [-0.39, 0.29) is 11.1 Å². The van der Waals surface area contributed by atoms with Gasteiger partial charge in [-0.05, 0) is 17.7 Å². The van der Waals surface area contributed by atoms with Crippen LogP contribution in [0.1, 0.15) is 28.0 Å². The predicted octanol–water partition coefficient (Wildman–Crippen LogP) is 1.60. The first-order valence-electron chi connectivity index (χ1n) is 8.22. The molecule has 0 unspecified atom stereocenters. The van der Waals surface area contributed by atoms with Crippen molar-refractivity contribution in [2.24, 2.45) is 10.8 Å². The van der Waals surface area contributed by atoms with E-state index >= 15 is 0 Å². The van der Waals surface area contributed by atoms with Gasteiger partial charge in [-0.2, -0.15) is 18.3 Å². The molecule has 146 valence electrons. The van der Waals surface area contributed by atoms with Crippen molar-refractivity contribution in [2.75, 3.05) is 6.54 Å². The minimum atomic E-state index is -4.89. The zero-order valence-corrected chi connectivity index (χ0v) is 14.4. The number of nitrogens with two attached hydrogens (primary N) is 1. The van der Waals surface area contributed by atoms with Crippen molar-refractivity contribution in [2.45, 2.75) is 19.1 Å². The molecule has 2 heterocycles. The van der Waals surface area contributed by atoms with E-state index in [1.807, 2.05) is 6.07 Å². The van der Waals surface area contributed by atoms with E-state index in [1.165, 1.54) is 0 Å². The van der Waals surface area contributed by atoms with Gasteiger partial charge in [-0.3, -0.25) is 19.0 Å². The van der Waals surface area contributed by atoms with E-state index < -0.39 is 41.4 Å². The molecule has 0 saturated carbocycles. The van der Waals surface area contributed by atoms with Gasteiger partial charge in [0, 0.05) is 6.42 Å². The molecule has 2 aromatic rings. The van der Waals surface area contributed by atoms with Crippen LogP contribution in [0.5, 0.6) is 0 Å². The first-order chi connectivity index (χ1) is 13.2. The first-order valence-corrected chi connectivity index (χ1v) is 8.22. The number of hydrazone groups is 1. The Morgan fingerprint density at radius 2 is 1.79 bits per heavy atom. The topological polar surface area (TPSA) is 97.8 Å². The smallest absolute Gasteiger partial charge is 0.365 e. The summed E-state index contributed by atoms with van der Waals surface area (Å²) in [7, 11) is 0. The molecule has 1 aromatic heterocycles. The zero-order valence-electron chi connectivity index (χ0n) is 14.4. The second kappa shape index (κ2) is 7.29. The molecule has 2 N–H and O–H groups in total. The predicted molar refractivity (Wildman–Crippen MR) is 93.5 cm³/mol. The lowest BCUT2D eigenvalue weighted by atomic mass is 10.1. The Kier molecular flexibility index (Phi) is 5.04. The number of benzene rings is 1. The number of pyridine rings is 1. The molecule has 3 rings (SSSR count). The highest BCUT2D eigenvalue weighted by molar-refractivity contribution is 6.02. The van der Waals surface area contributed by atoms with Crippen molar-refractivity contribution in [3.05, 3.63) is 69.6 Å². The fourth-order valence-electron chi connectivity index (χ4n) is 2.86. The summed E-state index contributed by atoms with van der Waals surface area (Å²) in [4.78, 5) is 36.0. The van der Waals surface area contributed by atoms with Crippen molar-refractivity contribution < 1.29 is 22.8 Å². The van der Waals surface area contributed by atoms with Crippen LogP contribution in [-0.2, 0) is 17.5 Å². The third-order valence-corrected chi connectivity index (χ3v) is 4.22. The van der Waals surface area contributed by atoms with Gasteiger partial charge in [0.1, 0.15) is 17.8 Å². The van der Waals surface area contributed by atoms with Crippen molar-refractivity contribution in [1.82, 2.24) is 9.58 Å². The molecule has 0 bridgehead atoms. The van der Waals surface area contributed by atoms with Crippen LogP contribution in [0.3, 0.4) is 0 Å². The summed E-state index contributed by atoms with van der Waals surface area (Å²) in [6.45, 7) is -0.741. The van der Waals surface area contributed by atoms with Gasteiger partial charge in [-0.1, -0.05) is 30.3 Å². The molecule has 0 radical (unpaired) electrons. The van der Waals surface area contributed by atoms with Gasteiger partial charge in [0.15, 0.2) is 0 Å². The van der Waals surface area contributed by atoms with Crippen LogP contribution in [0.15, 0.2) is 52.4 Å². The molecule has 7 nitrogen and oxygen atoms in total. The highest BCUT2D eigenvalue weighted by atomic mass is 19.4. The fraction of sp³-hybridized carbons (Fsp3) is 0.222. The molecule has 1 aliphatic heterocycles. The van der Waals surface area contributed by atoms with Crippen molar-refractivity contribution in [3.8, 4) is 0 Å². The fourth-order valence-corrected chi connectivity index (χ4v) is 2.86. The minimum absolute atomic E-state index is 0.175. The lowest BCUT2D eigenvalue weighted by molar-refractivity contribution is -0.145. The molecular formula is C18H15F3N4O3. The maximum atomic E-state index is 13.2. The van der Waals surface area contributed by atoms with Gasteiger partial charge in [-0.15, -0.1) is 0 Å². The third kappa shape index (κ3) is 3.80. The van der Waals surface area contributed by atoms with E-state index in [2.05, 4.69) is 5.10 Å². The number of primary amides is 1. The van der Waals surface area contributed by atoms with Gasteiger partial charge in [0.2, 0.25) is 0 Å². The number of hydrogen-bond acceptors (Lipinski definition) is 4. The Morgan fingerprint density at radius 1 is 1.11 bits per heavy atom. The van der Waals surface area contributed by atoms with Gasteiger partial charge in [-0.25, -0.2) is 5.01 Å². The molecule has 0 spiro atoms.